The van der Waals surface area contributed by atoms with Crippen LogP contribution in [0.25, 0.3) is 12.2 Å². The van der Waals surface area contributed by atoms with Gasteiger partial charge in [0.2, 0.25) is 11.8 Å². The Labute approximate surface area is 283 Å². The molecule has 1 fully saturated rings. The van der Waals surface area contributed by atoms with Crippen LogP contribution in [0.2, 0.25) is 0 Å². The molecule has 3 aromatic carbocycles. The minimum Gasteiger partial charge on any atom is -0.508 e. The minimum atomic E-state index is -0.706. The number of carbonyl (C=O) groups is 4. The van der Waals surface area contributed by atoms with Gasteiger partial charge in [-0.1, -0.05) is 42.0 Å². The number of Topliss-reactive ketones (excluding diaryl/α,β-unsaturated/α-hetero) is 1. The van der Waals surface area contributed by atoms with Gasteiger partial charge in [-0.15, -0.1) is 0 Å². The van der Waals surface area contributed by atoms with E-state index in [4.69, 9.17) is 14.2 Å². The van der Waals surface area contributed by atoms with Crippen molar-refractivity contribution in [1.82, 2.24) is 0 Å². The largest absolute Gasteiger partial charge is 0.508 e. The highest BCUT2D eigenvalue weighted by atomic mass is 16.5. The fourth-order valence-corrected chi connectivity index (χ4v) is 7.80. The number of ether oxygens (including phenoxy) is 3. The summed E-state index contributed by atoms with van der Waals surface area (Å²) in [5, 5.41) is 10.2. The first-order chi connectivity index (χ1) is 23.6. The average molecular weight is 658 g/mol. The third-order valence-electron chi connectivity index (χ3n) is 10.1. The van der Waals surface area contributed by atoms with Crippen molar-refractivity contribution in [2.75, 3.05) is 26.2 Å². The highest BCUT2D eigenvalue weighted by molar-refractivity contribution is 6.25. The average Bonchev–Trinajstić information content (AvgIpc) is 3.37. The van der Waals surface area contributed by atoms with Gasteiger partial charge in [-0.25, -0.2) is 0 Å². The van der Waals surface area contributed by atoms with E-state index in [1.54, 1.807) is 39.3 Å². The number of aromatic hydroxyl groups is 1. The zero-order valence-corrected chi connectivity index (χ0v) is 27.6. The topological polar surface area (TPSA) is 119 Å². The number of amides is 2. The molecule has 9 nitrogen and oxygen atoms in total. The SMILES string of the molecule is COc1ccc(OC)c(C=Cc2ccc(N3C(=O)C4CC=C5C(c6ccc(O)cc6OC)C6=C(CC5C4C3=O)C(=O)C=C(C)C6=O)cc2)c1. The molecule has 1 saturated heterocycles. The van der Waals surface area contributed by atoms with Crippen molar-refractivity contribution in [2.45, 2.75) is 25.7 Å². The minimum absolute atomic E-state index is 0.00397. The van der Waals surface area contributed by atoms with Gasteiger partial charge < -0.3 is 19.3 Å². The first-order valence-corrected chi connectivity index (χ1v) is 16.1. The number of nitrogens with zero attached hydrogens (tertiary/aromatic N) is 1. The molecule has 3 aromatic rings. The van der Waals surface area contributed by atoms with Crippen LogP contribution in [-0.2, 0) is 19.2 Å². The van der Waals surface area contributed by atoms with Crippen LogP contribution in [0.3, 0.4) is 0 Å². The number of ketones is 2. The summed E-state index contributed by atoms with van der Waals surface area (Å²) in [6.45, 7) is 1.63. The molecule has 1 N–H and O–H groups in total. The molecule has 9 heteroatoms. The fraction of sp³-hybridized carbons (Fsp3) is 0.250. The van der Waals surface area contributed by atoms with E-state index in [9.17, 15) is 24.3 Å². The van der Waals surface area contributed by atoms with Gasteiger partial charge in [0.25, 0.3) is 0 Å². The molecule has 4 unspecified atom stereocenters. The second-order valence-electron chi connectivity index (χ2n) is 12.7. The van der Waals surface area contributed by atoms with E-state index in [0.717, 1.165) is 16.7 Å². The van der Waals surface area contributed by atoms with Gasteiger partial charge in [-0.05, 0) is 73.7 Å². The highest BCUT2D eigenvalue weighted by Crippen LogP contribution is 2.56. The highest BCUT2D eigenvalue weighted by Gasteiger charge is 2.56. The number of anilines is 1. The molecule has 4 atom stereocenters. The number of hydrogen-bond donors (Lipinski definition) is 1. The number of benzene rings is 3. The number of fused-ring (bicyclic) bond motifs is 3. The predicted octanol–water partition coefficient (Wildman–Crippen LogP) is 6.22. The van der Waals surface area contributed by atoms with Gasteiger partial charge in [-0.3, -0.25) is 24.1 Å². The second-order valence-corrected chi connectivity index (χ2v) is 12.7. The first kappa shape index (κ1) is 31.9. The van der Waals surface area contributed by atoms with Crippen molar-refractivity contribution >= 4 is 41.2 Å². The van der Waals surface area contributed by atoms with E-state index < -0.39 is 23.7 Å². The van der Waals surface area contributed by atoms with E-state index in [0.29, 0.717) is 51.6 Å². The molecule has 2 amide bonds. The van der Waals surface area contributed by atoms with Gasteiger partial charge in [0.05, 0.1) is 38.9 Å². The van der Waals surface area contributed by atoms with Crippen molar-refractivity contribution in [3.05, 3.63) is 112 Å². The lowest BCUT2D eigenvalue weighted by Crippen LogP contribution is -2.40. The summed E-state index contributed by atoms with van der Waals surface area (Å²) in [6.07, 6.45) is 7.64. The van der Waals surface area contributed by atoms with Crippen molar-refractivity contribution in [2.24, 2.45) is 17.8 Å². The van der Waals surface area contributed by atoms with E-state index in [1.807, 2.05) is 48.6 Å². The number of carbonyl (C=O) groups excluding carboxylic acids is 4. The fourth-order valence-electron chi connectivity index (χ4n) is 7.80. The molecule has 0 aromatic heterocycles. The van der Waals surface area contributed by atoms with Gasteiger partial charge in [-0.2, -0.15) is 0 Å². The maximum atomic E-state index is 14.3. The van der Waals surface area contributed by atoms with Crippen LogP contribution < -0.4 is 19.1 Å². The summed E-state index contributed by atoms with van der Waals surface area (Å²) < 4.78 is 16.4. The molecule has 7 rings (SSSR count). The summed E-state index contributed by atoms with van der Waals surface area (Å²) in [5.41, 5.74) is 4.67. The summed E-state index contributed by atoms with van der Waals surface area (Å²) in [7, 11) is 4.68. The van der Waals surface area contributed by atoms with E-state index >= 15 is 0 Å². The normalized spacial score (nSPS) is 23.2. The van der Waals surface area contributed by atoms with Crippen LogP contribution in [0.4, 0.5) is 5.69 Å². The number of hydrogen-bond acceptors (Lipinski definition) is 8. The summed E-state index contributed by atoms with van der Waals surface area (Å²) in [4.78, 5) is 56.6. The molecule has 1 aliphatic heterocycles. The number of phenolic OH excluding ortho intramolecular Hbond substituents is 1. The lowest BCUT2D eigenvalue weighted by atomic mass is 9.59. The number of imide groups is 1. The monoisotopic (exact) mass is 657 g/mol. The standard InChI is InChI=1S/C40H35NO8/c1-21-17-32(43)31-20-30-27(35(37(31)38(21)44)28-13-11-25(42)19-34(28)49-4)14-15-29-36(30)40(46)41(39(29)45)24-9-6-22(7-10-24)5-8-23-18-26(47-2)12-16-33(23)48-3/h5-14,16-19,29-30,35-36,42H,15,20H2,1-4H3. The smallest absolute Gasteiger partial charge is 0.238 e. The van der Waals surface area contributed by atoms with Crippen LogP contribution in [0.1, 0.15) is 42.4 Å². The van der Waals surface area contributed by atoms with Crippen LogP contribution >= 0.6 is 0 Å². The van der Waals surface area contributed by atoms with Crippen LogP contribution in [0.15, 0.2) is 95.1 Å². The van der Waals surface area contributed by atoms with E-state index in [-0.39, 0.29) is 35.6 Å². The quantitative estimate of drug-likeness (QED) is 0.138. The molecule has 0 radical (unpaired) electrons. The zero-order valence-electron chi connectivity index (χ0n) is 27.6. The van der Waals surface area contributed by atoms with Crippen LogP contribution in [-0.4, -0.2) is 49.8 Å². The third-order valence-corrected chi connectivity index (χ3v) is 10.1. The number of allylic oxidation sites excluding steroid dienone is 6. The summed E-state index contributed by atoms with van der Waals surface area (Å²) >= 11 is 0. The first-order valence-electron chi connectivity index (χ1n) is 16.1. The van der Waals surface area contributed by atoms with Gasteiger partial charge in [0.1, 0.15) is 23.0 Å². The molecular formula is C40H35NO8. The maximum absolute atomic E-state index is 14.3. The number of phenols is 1. The number of methoxy groups -OCH3 is 3. The zero-order chi connectivity index (χ0) is 34.6. The molecule has 49 heavy (non-hydrogen) atoms. The summed E-state index contributed by atoms with van der Waals surface area (Å²) in [5.74, 6) is -1.80. The lowest BCUT2D eigenvalue weighted by Gasteiger charge is -2.42. The van der Waals surface area contributed by atoms with Crippen molar-refractivity contribution in [3.8, 4) is 23.0 Å². The molecule has 0 bridgehead atoms. The van der Waals surface area contributed by atoms with E-state index in [2.05, 4.69) is 0 Å². The van der Waals surface area contributed by atoms with Crippen molar-refractivity contribution in [1.29, 1.82) is 0 Å². The lowest BCUT2D eigenvalue weighted by molar-refractivity contribution is -0.123. The van der Waals surface area contributed by atoms with Crippen molar-refractivity contribution in [3.63, 3.8) is 0 Å². The molecule has 3 aliphatic carbocycles. The third kappa shape index (κ3) is 5.26. The Morgan fingerprint density at radius 2 is 1.57 bits per heavy atom. The molecule has 1 heterocycles. The number of rotatable bonds is 7. The Morgan fingerprint density at radius 1 is 0.816 bits per heavy atom. The molecular weight excluding hydrogens is 622 g/mol. The summed E-state index contributed by atoms with van der Waals surface area (Å²) in [6, 6.07) is 17.4. The van der Waals surface area contributed by atoms with Crippen molar-refractivity contribution < 1.29 is 38.5 Å². The molecule has 0 spiro atoms. The van der Waals surface area contributed by atoms with Gasteiger partial charge in [0, 0.05) is 39.8 Å². The second kappa shape index (κ2) is 12.4. The molecule has 0 saturated carbocycles. The Balaban J connectivity index is 1.22. The van der Waals surface area contributed by atoms with E-state index in [1.165, 1.54) is 30.2 Å². The predicted molar refractivity (Wildman–Crippen MR) is 183 cm³/mol. The van der Waals surface area contributed by atoms with Gasteiger partial charge in [0.15, 0.2) is 11.6 Å². The Kier molecular flexibility index (Phi) is 8.06. The van der Waals surface area contributed by atoms with Gasteiger partial charge >= 0.3 is 0 Å². The van der Waals surface area contributed by atoms with Crippen LogP contribution in [0, 0.1) is 17.8 Å². The Morgan fingerprint density at radius 3 is 2.29 bits per heavy atom. The Hall–Kier alpha value is -5.70. The molecule has 4 aliphatic rings. The molecule has 248 valence electrons. The maximum Gasteiger partial charge on any atom is 0.238 e. The van der Waals surface area contributed by atoms with Crippen LogP contribution in [0.5, 0.6) is 23.0 Å². The Bertz CT molecular complexity index is 2050.